The number of hydrogen-bond donors (Lipinski definition) is 2. The second-order valence-electron chi connectivity index (χ2n) is 9.82. The van der Waals surface area contributed by atoms with E-state index in [2.05, 4.69) is 22.0 Å². The Hall–Kier alpha value is -2.75. The van der Waals surface area contributed by atoms with Gasteiger partial charge in [-0.1, -0.05) is 31.4 Å². The lowest BCUT2D eigenvalue weighted by molar-refractivity contribution is -0.116. The molecule has 0 radical (unpaired) electrons. The Kier molecular flexibility index (Phi) is 8.77. The van der Waals surface area contributed by atoms with Crippen molar-refractivity contribution in [2.75, 3.05) is 38.5 Å². The summed E-state index contributed by atoms with van der Waals surface area (Å²) in [5.74, 6) is -0.121. The number of amides is 2. The Morgan fingerprint density at radius 2 is 1.53 bits per heavy atom. The highest BCUT2D eigenvalue weighted by Gasteiger charge is 2.22. The van der Waals surface area contributed by atoms with Crippen LogP contribution in [0.1, 0.15) is 54.4 Å². The zero-order valence-electron chi connectivity index (χ0n) is 20.9. The van der Waals surface area contributed by atoms with Crippen LogP contribution in [0.25, 0.3) is 0 Å². The molecule has 0 atom stereocenters. The predicted octanol–water partition coefficient (Wildman–Crippen LogP) is 3.26. The van der Waals surface area contributed by atoms with E-state index < -0.39 is 10.0 Å². The van der Waals surface area contributed by atoms with Crippen molar-refractivity contribution >= 4 is 27.5 Å². The number of carbonyl (C=O) groups excluding carboxylic acids is 2. The normalized spacial score (nSPS) is 17.6. The molecule has 36 heavy (non-hydrogen) atoms. The Morgan fingerprint density at radius 3 is 2.17 bits per heavy atom. The average Bonchev–Trinajstić information content (AvgIpc) is 2.88. The molecule has 2 aromatic rings. The van der Waals surface area contributed by atoms with Gasteiger partial charge in [0.05, 0.1) is 4.90 Å². The van der Waals surface area contributed by atoms with Crippen LogP contribution in [0.15, 0.2) is 53.4 Å². The summed E-state index contributed by atoms with van der Waals surface area (Å²) in [6.45, 7) is 3.18. The van der Waals surface area contributed by atoms with Crippen LogP contribution in [-0.2, 0) is 21.2 Å². The van der Waals surface area contributed by atoms with Crippen LogP contribution >= 0.6 is 0 Å². The van der Waals surface area contributed by atoms with Crippen molar-refractivity contribution in [3.63, 3.8) is 0 Å². The molecular formula is C27H36N4O4S. The molecule has 1 aliphatic carbocycles. The van der Waals surface area contributed by atoms with E-state index in [0.29, 0.717) is 17.7 Å². The highest BCUT2D eigenvalue weighted by atomic mass is 32.2. The number of sulfonamides is 1. The molecule has 9 heteroatoms. The molecule has 2 aliphatic rings. The summed E-state index contributed by atoms with van der Waals surface area (Å²) in [5, 5.41) is 2.87. The lowest BCUT2D eigenvalue weighted by atomic mass is 9.96. The van der Waals surface area contributed by atoms with Gasteiger partial charge >= 0.3 is 0 Å². The molecule has 0 unspecified atom stereocenters. The van der Waals surface area contributed by atoms with E-state index in [0.717, 1.165) is 57.4 Å². The average molecular weight is 513 g/mol. The van der Waals surface area contributed by atoms with Gasteiger partial charge in [-0.2, -0.15) is 0 Å². The maximum Gasteiger partial charge on any atom is 0.253 e. The lowest BCUT2D eigenvalue weighted by Gasteiger charge is -2.32. The summed E-state index contributed by atoms with van der Waals surface area (Å²) < 4.78 is 28.1. The zero-order chi connectivity index (χ0) is 25.5. The molecule has 4 rings (SSSR count). The minimum Gasteiger partial charge on any atom is -0.336 e. The molecule has 1 aliphatic heterocycles. The van der Waals surface area contributed by atoms with Crippen LogP contribution in [0.3, 0.4) is 0 Å². The summed E-state index contributed by atoms with van der Waals surface area (Å²) in [6.07, 6.45) is 5.85. The number of hydrogen-bond acceptors (Lipinski definition) is 5. The van der Waals surface area contributed by atoms with E-state index in [4.69, 9.17) is 0 Å². The second kappa shape index (κ2) is 12.0. The Bertz CT molecular complexity index is 1140. The van der Waals surface area contributed by atoms with Gasteiger partial charge in [-0.15, -0.1) is 0 Å². The van der Waals surface area contributed by atoms with Crippen molar-refractivity contribution < 1.29 is 18.0 Å². The molecule has 0 aromatic heterocycles. The van der Waals surface area contributed by atoms with Crippen LogP contribution in [0.2, 0.25) is 0 Å². The highest BCUT2D eigenvalue weighted by molar-refractivity contribution is 7.89. The van der Waals surface area contributed by atoms with Crippen molar-refractivity contribution in [3.8, 4) is 0 Å². The quantitative estimate of drug-likeness (QED) is 0.566. The molecule has 1 heterocycles. The fraction of sp³-hybridized carbons (Fsp3) is 0.481. The van der Waals surface area contributed by atoms with Gasteiger partial charge in [0.15, 0.2) is 0 Å². The number of piperazine rings is 1. The van der Waals surface area contributed by atoms with Gasteiger partial charge in [0.25, 0.3) is 5.91 Å². The number of nitrogens with one attached hydrogen (secondary N) is 2. The maximum absolute atomic E-state index is 12.7. The summed E-state index contributed by atoms with van der Waals surface area (Å²) in [6, 6.07) is 13.8. The second-order valence-corrected chi connectivity index (χ2v) is 11.5. The smallest absolute Gasteiger partial charge is 0.253 e. The third kappa shape index (κ3) is 7.15. The minimum absolute atomic E-state index is 0.0142. The monoisotopic (exact) mass is 512 g/mol. The first-order chi connectivity index (χ1) is 17.3. The fourth-order valence-corrected chi connectivity index (χ4v) is 6.02. The van der Waals surface area contributed by atoms with E-state index >= 15 is 0 Å². The molecular weight excluding hydrogens is 476 g/mol. The first-order valence-electron chi connectivity index (χ1n) is 12.8. The van der Waals surface area contributed by atoms with Gasteiger partial charge in [-0.25, -0.2) is 13.1 Å². The summed E-state index contributed by atoms with van der Waals surface area (Å²) in [7, 11) is -1.48. The molecule has 1 saturated heterocycles. The van der Waals surface area contributed by atoms with Gasteiger partial charge in [0.2, 0.25) is 15.9 Å². The number of aryl methyl sites for hydroxylation is 1. The number of carbonyl (C=O) groups is 2. The van der Waals surface area contributed by atoms with Crippen LogP contribution in [0, 0.1) is 0 Å². The minimum atomic E-state index is -3.53. The van der Waals surface area contributed by atoms with Crippen molar-refractivity contribution in [1.82, 2.24) is 14.5 Å². The molecule has 194 valence electrons. The van der Waals surface area contributed by atoms with Gasteiger partial charge in [0, 0.05) is 49.9 Å². The predicted molar refractivity (Wildman–Crippen MR) is 140 cm³/mol. The molecule has 8 nitrogen and oxygen atoms in total. The van der Waals surface area contributed by atoms with E-state index in [9.17, 15) is 18.0 Å². The SMILES string of the molecule is CN1CCN(C(=O)c2ccc(NC(=O)CCc3ccc(S(=O)(=O)NC4CCCCC4)cc3)cc2)CC1. The highest BCUT2D eigenvalue weighted by Crippen LogP contribution is 2.20. The van der Waals surface area contributed by atoms with Gasteiger partial charge < -0.3 is 15.1 Å². The maximum atomic E-state index is 12.7. The van der Waals surface area contributed by atoms with E-state index in [1.54, 1.807) is 48.5 Å². The Labute approximate surface area is 214 Å². The van der Waals surface area contributed by atoms with Gasteiger partial charge in [-0.05, 0) is 68.3 Å². The lowest BCUT2D eigenvalue weighted by Crippen LogP contribution is -2.47. The number of rotatable bonds is 8. The third-order valence-electron chi connectivity index (χ3n) is 7.01. The van der Waals surface area contributed by atoms with Crippen LogP contribution in [0.5, 0.6) is 0 Å². The number of anilines is 1. The van der Waals surface area contributed by atoms with Crippen molar-refractivity contribution in [3.05, 3.63) is 59.7 Å². The van der Waals surface area contributed by atoms with Crippen LogP contribution < -0.4 is 10.0 Å². The van der Waals surface area contributed by atoms with Crippen molar-refractivity contribution in [2.45, 2.75) is 55.9 Å². The number of benzene rings is 2. The molecule has 2 fully saturated rings. The first-order valence-corrected chi connectivity index (χ1v) is 14.3. The van der Waals surface area contributed by atoms with Crippen molar-refractivity contribution in [2.24, 2.45) is 0 Å². The Balaban J connectivity index is 1.24. The standard InChI is InChI=1S/C27H36N4O4S/c1-30-17-19-31(20-18-30)27(33)22-10-12-23(13-11-22)28-26(32)16-9-21-7-14-25(15-8-21)36(34,35)29-24-5-3-2-4-6-24/h7-8,10-15,24,29H,2-6,9,16-20H2,1H3,(H,28,32). The topological polar surface area (TPSA) is 98.8 Å². The van der Waals surface area contributed by atoms with Gasteiger partial charge in [-0.3, -0.25) is 9.59 Å². The summed E-state index contributed by atoms with van der Waals surface area (Å²) in [4.78, 5) is 29.4. The zero-order valence-corrected chi connectivity index (χ0v) is 21.7. The molecule has 0 spiro atoms. The number of nitrogens with zero attached hydrogens (tertiary/aromatic N) is 2. The molecule has 2 N–H and O–H groups in total. The Morgan fingerprint density at radius 1 is 0.889 bits per heavy atom. The van der Waals surface area contributed by atoms with E-state index in [1.807, 2.05) is 4.90 Å². The molecule has 2 amide bonds. The molecule has 1 saturated carbocycles. The van der Waals surface area contributed by atoms with Crippen molar-refractivity contribution in [1.29, 1.82) is 0 Å². The summed E-state index contributed by atoms with van der Waals surface area (Å²) >= 11 is 0. The van der Waals surface area contributed by atoms with Crippen LogP contribution in [0.4, 0.5) is 5.69 Å². The first kappa shape index (κ1) is 26.3. The summed E-state index contributed by atoms with van der Waals surface area (Å²) in [5.41, 5.74) is 2.16. The molecule has 2 aromatic carbocycles. The van der Waals surface area contributed by atoms with Gasteiger partial charge in [0.1, 0.15) is 0 Å². The van der Waals surface area contributed by atoms with E-state index in [1.165, 1.54) is 6.42 Å². The largest absolute Gasteiger partial charge is 0.336 e. The molecule has 0 bridgehead atoms. The van der Waals surface area contributed by atoms with Crippen LogP contribution in [-0.4, -0.2) is 69.3 Å². The third-order valence-corrected chi connectivity index (χ3v) is 8.54. The number of likely N-dealkylation sites (N-methyl/N-ethyl adjacent to an activating group) is 1. The van der Waals surface area contributed by atoms with E-state index in [-0.39, 0.29) is 29.2 Å². The fourth-order valence-electron chi connectivity index (χ4n) is 4.71.